The Morgan fingerprint density at radius 3 is 2.59 bits per heavy atom. The van der Waals surface area contributed by atoms with Crippen molar-refractivity contribution in [1.29, 1.82) is 0 Å². The summed E-state index contributed by atoms with van der Waals surface area (Å²) in [4.78, 5) is 22.7. The van der Waals surface area contributed by atoms with Crippen molar-refractivity contribution >= 4 is 41.3 Å². The number of amides is 1. The van der Waals surface area contributed by atoms with Crippen molar-refractivity contribution in [1.82, 2.24) is 5.43 Å². The molecule has 2 rings (SSSR count). The number of nitrogens with one attached hydrogen (secondary N) is 1. The van der Waals surface area contributed by atoms with Gasteiger partial charge in [-0.3, -0.25) is 4.79 Å². The Morgan fingerprint density at radius 2 is 1.93 bits per heavy atom. The molecule has 0 unspecified atom stereocenters. The SMILES string of the molecule is CCOc1cc(/C=N\NC(=O)c2ccc(Cl)cc2Cl)ccc1OCC(=O)O. The van der Waals surface area contributed by atoms with Crippen molar-refractivity contribution in [3.05, 3.63) is 57.6 Å². The smallest absolute Gasteiger partial charge is 0.341 e. The van der Waals surface area contributed by atoms with Gasteiger partial charge in [0.2, 0.25) is 0 Å². The van der Waals surface area contributed by atoms with E-state index >= 15 is 0 Å². The highest BCUT2D eigenvalue weighted by Gasteiger charge is 2.10. The van der Waals surface area contributed by atoms with Crippen LogP contribution in [-0.2, 0) is 4.79 Å². The molecule has 0 bridgehead atoms. The Kier molecular flexibility index (Phi) is 7.45. The van der Waals surface area contributed by atoms with Gasteiger partial charge in [-0.1, -0.05) is 23.2 Å². The highest BCUT2D eigenvalue weighted by molar-refractivity contribution is 6.36. The molecular formula is C18H16Cl2N2O5. The van der Waals surface area contributed by atoms with Crippen LogP contribution in [0.1, 0.15) is 22.8 Å². The number of carbonyl (C=O) groups is 2. The van der Waals surface area contributed by atoms with Crippen LogP contribution in [0.5, 0.6) is 11.5 Å². The molecule has 0 atom stereocenters. The van der Waals surface area contributed by atoms with Crippen LogP contribution in [0.3, 0.4) is 0 Å². The molecule has 2 aromatic rings. The van der Waals surface area contributed by atoms with E-state index in [-0.39, 0.29) is 10.6 Å². The summed E-state index contributed by atoms with van der Waals surface area (Å²) in [6.45, 7) is 1.68. The number of benzene rings is 2. The average Bonchev–Trinajstić information content (AvgIpc) is 2.61. The number of hydrogen-bond donors (Lipinski definition) is 2. The molecule has 1 amide bonds. The molecule has 9 heteroatoms. The van der Waals surface area contributed by atoms with Crippen LogP contribution in [0.25, 0.3) is 0 Å². The molecule has 0 aliphatic carbocycles. The van der Waals surface area contributed by atoms with Gasteiger partial charge in [0.05, 0.1) is 23.4 Å². The summed E-state index contributed by atoms with van der Waals surface area (Å²) < 4.78 is 10.6. The molecule has 0 spiro atoms. The first-order valence-electron chi connectivity index (χ1n) is 7.80. The van der Waals surface area contributed by atoms with Gasteiger partial charge in [0.1, 0.15) is 0 Å². The lowest BCUT2D eigenvalue weighted by Crippen LogP contribution is -2.18. The molecular weight excluding hydrogens is 395 g/mol. The third-order valence-electron chi connectivity index (χ3n) is 3.17. The van der Waals surface area contributed by atoms with Gasteiger partial charge in [0.25, 0.3) is 5.91 Å². The van der Waals surface area contributed by atoms with Crippen molar-refractivity contribution in [3.63, 3.8) is 0 Å². The highest BCUT2D eigenvalue weighted by atomic mass is 35.5. The number of carboxylic acid groups (broad SMARTS) is 1. The van der Waals surface area contributed by atoms with E-state index in [1.807, 2.05) is 0 Å². The van der Waals surface area contributed by atoms with Crippen LogP contribution in [0.15, 0.2) is 41.5 Å². The fraction of sp³-hybridized carbons (Fsp3) is 0.167. The fourth-order valence-corrected chi connectivity index (χ4v) is 2.53. The fourth-order valence-electron chi connectivity index (χ4n) is 2.03. The predicted molar refractivity (Wildman–Crippen MR) is 102 cm³/mol. The maximum Gasteiger partial charge on any atom is 0.341 e. The second kappa shape index (κ2) is 9.80. The lowest BCUT2D eigenvalue weighted by molar-refractivity contribution is -0.139. The second-order valence-electron chi connectivity index (χ2n) is 5.14. The number of ether oxygens (including phenoxy) is 2. The van der Waals surface area contributed by atoms with E-state index in [2.05, 4.69) is 10.5 Å². The summed E-state index contributed by atoms with van der Waals surface area (Å²) in [5, 5.41) is 13.2. The van der Waals surface area contributed by atoms with Crippen LogP contribution in [0.2, 0.25) is 10.0 Å². The average molecular weight is 411 g/mol. The molecule has 0 radical (unpaired) electrons. The maximum absolute atomic E-state index is 12.1. The van der Waals surface area contributed by atoms with Crippen LogP contribution in [0.4, 0.5) is 0 Å². The summed E-state index contributed by atoms with van der Waals surface area (Å²) in [5.41, 5.74) is 3.22. The summed E-state index contributed by atoms with van der Waals surface area (Å²) >= 11 is 11.8. The monoisotopic (exact) mass is 410 g/mol. The first kappa shape index (κ1) is 20.5. The topological polar surface area (TPSA) is 97.2 Å². The number of carboxylic acids is 1. The summed E-state index contributed by atoms with van der Waals surface area (Å²) in [6, 6.07) is 9.34. The number of carbonyl (C=O) groups excluding carboxylic acids is 1. The van der Waals surface area contributed by atoms with Crippen LogP contribution in [0, 0.1) is 0 Å². The number of hydrazone groups is 1. The third kappa shape index (κ3) is 6.16. The Balaban J connectivity index is 2.08. The Hall–Kier alpha value is -2.77. The number of hydrogen-bond acceptors (Lipinski definition) is 5. The molecule has 7 nitrogen and oxygen atoms in total. The standard InChI is InChI=1S/C18H16Cl2N2O5/c1-2-26-16-7-11(3-6-15(16)27-10-17(23)24)9-21-22-18(25)13-5-4-12(19)8-14(13)20/h3-9H,2,10H2,1H3,(H,22,25)(H,23,24)/b21-9-. The van der Waals surface area contributed by atoms with Gasteiger partial charge >= 0.3 is 5.97 Å². The highest BCUT2D eigenvalue weighted by Crippen LogP contribution is 2.28. The van der Waals surface area contributed by atoms with Gasteiger partial charge in [-0.2, -0.15) is 5.10 Å². The molecule has 142 valence electrons. The second-order valence-corrected chi connectivity index (χ2v) is 5.99. The number of nitrogens with zero attached hydrogens (tertiary/aromatic N) is 1. The predicted octanol–water partition coefficient (Wildman–Crippen LogP) is 3.62. The van der Waals surface area contributed by atoms with Gasteiger partial charge in [-0.15, -0.1) is 0 Å². The molecule has 0 aliphatic heterocycles. The van der Waals surface area contributed by atoms with Crippen molar-refractivity contribution in [3.8, 4) is 11.5 Å². The Morgan fingerprint density at radius 1 is 1.15 bits per heavy atom. The van der Waals surface area contributed by atoms with Gasteiger partial charge in [-0.05, 0) is 48.9 Å². The summed E-state index contributed by atoms with van der Waals surface area (Å²) in [7, 11) is 0. The minimum atomic E-state index is -1.09. The largest absolute Gasteiger partial charge is 0.490 e. The molecule has 2 aromatic carbocycles. The minimum Gasteiger partial charge on any atom is -0.490 e. The van der Waals surface area contributed by atoms with E-state index in [4.69, 9.17) is 37.8 Å². The molecule has 0 aromatic heterocycles. The third-order valence-corrected chi connectivity index (χ3v) is 3.72. The molecule has 0 saturated heterocycles. The van der Waals surface area contributed by atoms with Gasteiger partial charge in [0, 0.05) is 5.02 Å². The zero-order valence-electron chi connectivity index (χ0n) is 14.2. The van der Waals surface area contributed by atoms with Crippen molar-refractivity contribution in [2.45, 2.75) is 6.92 Å². The van der Waals surface area contributed by atoms with E-state index in [9.17, 15) is 9.59 Å². The lowest BCUT2D eigenvalue weighted by Gasteiger charge is -2.11. The number of halogens is 2. The van der Waals surface area contributed by atoms with Crippen molar-refractivity contribution in [2.75, 3.05) is 13.2 Å². The molecule has 27 heavy (non-hydrogen) atoms. The summed E-state index contributed by atoms with van der Waals surface area (Å²) in [6.07, 6.45) is 1.41. The number of rotatable bonds is 8. The van der Waals surface area contributed by atoms with Crippen molar-refractivity contribution in [2.24, 2.45) is 5.10 Å². The molecule has 0 saturated carbocycles. The first-order chi connectivity index (χ1) is 12.9. The molecule has 2 N–H and O–H groups in total. The molecule has 0 fully saturated rings. The van der Waals surface area contributed by atoms with Gasteiger partial charge < -0.3 is 14.6 Å². The summed E-state index contributed by atoms with van der Waals surface area (Å²) in [5.74, 6) is -0.908. The van der Waals surface area contributed by atoms with E-state index in [1.54, 1.807) is 31.2 Å². The Bertz CT molecular complexity index is 871. The van der Waals surface area contributed by atoms with Crippen LogP contribution in [-0.4, -0.2) is 36.4 Å². The van der Waals surface area contributed by atoms with Gasteiger partial charge in [-0.25, -0.2) is 10.2 Å². The Labute approximate surface area is 165 Å². The molecule has 0 heterocycles. The van der Waals surface area contributed by atoms with E-state index in [1.165, 1.54) is 18.3 Å². The first-order valence-corrected chi connectivity index (χ1v) is 8.56. The molecule has 0 aliphatic rings. The zero-order chi connectivity index (χ0) is 19.8. The maximum atomic E-state index is 12.1. The zero-order valence-corrected chi connectivity index (χ0v) is 15.8. The van der Waals surface area contributed by atoms with Crippen molar-refractivity contribution < 1.29 is 24.2 Å². The normalized spacial score (nSPS) is 10.6. The lowest BCUT2D eigenvalue weighted by atomic mass is 10.2. The van der Waals surface area contributed by atoms with E-state index in [0.717, 1.165) is 0 Å². The number of aliphatic carboxylic acids is 1. The quantitative estimate of drug-likeness (QED) is 0.511. The minimum absolute atomic E-state index is 0.216. The van der Waals surface area contributed by atoms with Crippen LogP contribution >= 0.6 is 23.2 Å². The van der Waals surface area contributed by atoms with E-state index < -0.39 is 18.5 Å². The van der Waals surface area contributed by atoms with Gasteiger partial charge in [0.15, 0.2) is 18.1 Å². The van der Waals surface area contributed by atoms with Crippen LogP contribution < -0.4 is 14.9 Å². The van der Waals surface area contributed by atoms with E-state index in [0.29, 0.717) is 28.7 Å².